The molecule has 0 amide bonds. The minimum atomic E-state index is 0.129. The summed E-state index contributed by atoms with van der Waals surface area (Å²) in [5.41, 5.74) is 5.89. The largest absolute Gasteiger partial charge is 0.140 e. The van der Waals surface area contributed by atoms with Crippen LogP contribution in [0.2, 0.25) is 0 Å². The highest BCUT2D eigenvalue weighted by atomic mass is 32.1. The van der Waals surface area contributed by atoms with Crippen LogP contribution in [0.25, 0.3) is 41.8 Å². The van der Waals surface area contributed by atoms with Crippen LogP contribution in [0.15, 0.2) is 60.7 Å². The lowest BCUT2D eigenvalue weighted by Gasteiger charge is -2.18. The van der Waals surface area contributed by atoms with Crippen molar-refractivity contribution in [1.29, 1.82) is 0 Å². The molecular weight excluding hydrogens is 585 g/mol. The first-order chi connectivity index (χ1) is 19.3. The first-order valence-electron chi connectivity index (χ1n) is 14.9. The molecule has 1 aromatic carbocycles. The Morgan fingerprint density at radius 3 is 0.643 bits per heavy atom. The van der Waals surface area contributed by atoms with E-state index in [0.717, 1.165) is 0 Å². The van der Waals surface area contributed by atoms with Crippen molar-refractivity contribution >= 4 is 45.3 Å². The molecule has 0 aliphatic carbocycles. The van der Waals surface area contributed by atoms with Crippen molar-refractivity contribution in [1.82, 2.24) is 0 Å². The van der Waals surface area contributed by atoms with E-state index in [9.17, 15) is 0 Å². The second-order valence-corrected chi connectivity index (χ2v) is 19.9. The fourth-order valence-electron chi connectivity index (χ4n) is 4.96. The Kier molecular flexibility index (Phi) is 8.14. The Hall–Kier alpha value is -1.98. The lowest BCUT2D eigenvalue weighted by atomic mass is 9.93. The van der Waals surface area contributed by atoms with Crippen molar-refractivity contribution in [3.05, 3.63) is 80.2 Å². The molecule has 4 aromatic heterocycles. The third-order valence-corrected chi connectivity index (χ3v) is 13.8. The fraction of sp³-hybridized carbons (Fsp3) is 0.421. The molecule has 0 atom stereocenters. The van der Waals surface area contributed by atoms with Gasteiger partial charge in [-0.3, -0.25) is 0 Å². The van der Waals surface area contributed by atoms with Crippen LogP contribution in [0.5, 0.6) is 0 Å². The molecule has 0 bridgehead atoms. The molecule has 0 saturated carbocycles. The molecule has 0 N–H and O–H groups in total. The highest BCUT2D eigenvalue weighted by molar-refractivity contribution is 7.17. The van der Waals surface area contributed by atoms with Gasteiger partial charge in [0.25, 0.3) is 0 Å². The summed E-state index contributed by atoms with van der Waals surface area (Å²) in [5, 5.41) is 0. The molecule has 0 fully saturated rings. The zero-order valence-electron chi connectivity index (χ0n) is 27.4. The summed E-state index contributed by atoms with van der Waals surface area (Å²) in [6.45, 7) is 27.8. The van der Waals surface area contributed by atoms with Gasteiger partial charge in [-0.15, -0.1) is 45.3 Å². The molecule has 0 saturated heterocycles. The summed E-state index contributed by atoms with van der Waals surface area (Å²) in [7, 11) is 0. The molecule has 0 unspecified atom stereocenters. The highest BCUT2D eigenvalue weighted by Gasteiger charge is 2.25. The maximum atomic E-state index is 2.51. The molecule has 0 aliphatic rings. The Balaban J connectivity index is 1.82. The lowest BCUT2D eigenvalue weighted by molar-refractivity contribution is 0.603. The van der Waals surface area contributed by atoms with Crippen LogP contribution in [0.1, 0.15) is 103 Å². The number of hydrogen-bond donors (Lipinski definition) is 0. The Labute approximate surface area is 270 Å². The summed E-state index contributed by atoms with van der Waals surface area (Å²) in [6.07, 6.45) is 0. The van der Waals surface area contributed by atoms with Gasteiger partial charge in [-0.1, -0.05) is 83.1 Å². The number of benzene rings is 1. The van der Waals surface area contributed by atoms with E-state index in [1.54, 1.807) is 0 Å². The van der Waals surface area contributed by atoms with Gasteiger partial charge in [0, 0.05) is 61.3 Å². The van der Waals surface area contributed by atoms with Gasteiger partial charge < -0.3 is 0 Å². The number of thiophene rings is 4. The maximum absolute atomic E-state index is 2.51. The van der Waals surface area contributed by atoms with Crippen LogP contribution in [0, 0.1) is 0 Å². The van der Waals surface area contributed by atoms with E-state index in [-0.39, 0.29) is 21.7 Å². The molecular formula is C38H46S4. The van der Waals surface area contributed by atoms with E-state index in [2.05, 4.69) is 144 Å². The van der Waals surface area contributed by atoms with E-state index in [1.165, 1.54) is 61.3 Å². The van der Waals surface area contributed by atoms with E-state index in [0.29, 0.717) is 0 Å². The van der Waals surface area contributed by atoms with Crippen molar-refractivity contribution in [2.24, 2.45) is 0 Å². The highest BCUT2D eigenvalue weighted by Crippen LogP contribution is 2.50. The van der Waals surface area contributed by atoms with Gasteiger partial charge in [0.1, 0.15) is 0 Å². The predicted molar refractivity (Wildman–Crippen MR) is 194 cm³/mol. The summed E-state index contributed by atoms with van der Waals surface area (Å²) >= 11 is 7.79. The van der Waals surface area contributed by atoms with Crippen LogP contribution >= 0.6 is 45.3 Å². The zero-order valence-corrected chi connectivity index (χ0v) is 30.7. The predicted octanol–water partition coefficient (Wildman–Crippen LogP) is 13.8. The molecule has 5 aromatic rings. The summed E-state index contributed by atoms with van der Waals surface area (Å²) in [4.78, 5) is 11.1. The van der Waals surface area contributed by atoms with Gasteiger partial charge >= 0.3 is 0 Å². The summed E-state index contributed by atoms with van der Waals surface area (Å²) in [6, 6.07) is 23.8. The van der Waals surface area contributed by atoms with Crippen LogP contribution in [0.3, 0.4) is 0 Å². The summed E-state index contributed by atoms with van der Waals surface area (Å²) < 4.78 is 0. The molecule has 0 aliphatic heterocycles. The Morgan fingerprint density at radius 2 is 0.500 bits per heavy atom. The second kappa shape index (κ2) is 10.9. The quantitative estimate of drug-likeness (QED) is 0.185. The van der Waals surface area contributed by atoms with Gasteiger partial charge in [0.15, 0.2) is 0 Å². The molecule has 0 spiro atoms. The van der Waals surface area contributed by atoms with Gasteiger partial charge in [0.2, 0.25) is 0 Å². The normalized spacial score (nSPS) is 13.2. The van der Waals surface area contributed by atoms with Gasteiger partial charge in [-0.2, -0.15) is 0 Å². The first kappa shape index (κ1) is 31.4. The minimum absolute atomic E-state index is 0.129. The fourth-order valence-corrected chi connectivity index (χ4v) is 9.33. The van der Waals surface area contributed by atoms with Crippen LogP contribution in [-0.2, 0) is 21.7 Å². The molecule has 0 radical (unpaired) electrons. The number of hydrogen-bond acceptors (Lipinski definition) is 4. The Morgan fingerprint density at radius 1 is 0.310 bits per heavy atom. The Bertz CT molecular complexity index is 1450. The maximum Gasteiger partial charge on any atom is 0.0352 e. The van der Waals surface area contributed by atoms with Gasteiger partial charge in [0.05, 0.1) is 0 Å². The van der Waals surface area contributed by atoms with Crippen molar-refractivity contribution in [3.8, 4) is 41.8 Å². The zero-order chi connectivity index (χ0) is 30.8. The van der Waals surface area contributed by atoms with Crippen molar-refractivity contribution < 1.29 is 0 Å². The summed E-state index contributed by atoms with van der Waals surface area (Å²) in [5.74, 6) is 0. The van der Waals surface area contributed by atoms with E-state index in [4.69, 9.17) is 0 Å². The van der Waals surface area contributed by atoms with Crippen LogP contribution in [0.4, 0.5) is 0 Å². The smallest absolute Gasteiger partial charge is 0.0352 e. The molecule has 0 nitrogen and oxygen atoms in total. The SMILES string of the molecule is CC(C)(C)c1ccc(-c2cc(-c3ccc(C(C)(C)C)s3)c(-c3ccc(C(C)(C)C)s3)cc2-c2ccc(C(C)(C)C)s2)s1. The lowest BCUT2D eigenvalue weighted by Crippen LogP contribution is -2.07. The standard InChI is InChI=1S/C38H46S4/c1-35(2,3)31-17-13-27(39-31)23-21-25(29-15-19-33(41-29)37(7,8)9)26(30-16-20-34(42-30)38(10,11)12)22-24(23)28-14-18-32(40-28)36(4,5)6/h13-22H,1-12H3. The molecule has 4 heterocycles. The van der Waals surface area contributed by atoms with Gasteiger partial charge in [-0.05, 0) is 82.3 Å². The van der Waals surface area contributed by atoms with Crippen LogP contribution < -0.4 is 0 Å². The molecule has 5 rings (SSSR count). The van der Waals surface area contributed by atoms with Crippen molar-refractivity contribution in [2.45, 2.75) is 105 Å². The van der Waals surface area contributed by atoms with Gasteiger partial charge in [-0.25, -0.2) is 0 Å². The molecule has 4 heteroatoms. The van der Waals surface area contributed by atoms with Crippen molar-refractivity contribution in [2.75, 3.05) is 0 Å². The van der Waals surface area contributed by atoms with E-state index >= 15 is 0 Å². The third-order valence-electron chi connectivity index (χ3n) is 7.60. The topological polar surface area (TPSA) is 0 Å². The molecule has 42 heavy (non-hydrogen) atoms. The van der Waals surface area contributed by atoms with Crippen LogP contribution in [-0.4, -0.2) is 0 Å². The van der Waals surface area contributed by atoms with E-state index in [1.807, 2.05) is 45.3 Å². The average Bonchev–Trinajstić information content (AvgIpc) is 3.66. The van der Waals surface area contributed by atoms with Crippen molar-refractivity contribution in [3.63, 3.8) is 0 Å². The second-order valence-electron chi connectivity index (χ2n) is 15.6. The minimum Gasteiger partial charge on any atom is -0.140 e. The first-order valence-corrected chi connectivity index (χ1v) is 18.2. The third kappa shape index (κ3) is 6.43. The molecule has 222 valence electrons. The van der Waals surface area contributed by atoms with E-state index < -0.39 is 0 Å². The average molecular weight is 631 g/mol. The monoisotopic (exact) mass is 630 g/mol. The number of rotatable bonds is 4.